The van der Waals surface area contributed by atoms with Gasteiger partial charge in [0.15, 0.2) is 0 Å². The first-order valence-electron chi connectivity index (χ1n) is 7.65. The lowest BCUT2D eigenvalue weighted by atomic mass is 10.0. The van der Waals surface area contributed by atoms with Crippen molar-refractivity contribution in [1.82, 2.24) is 10.3 Å². The molecule has 2 unspecified atom stereocenters. The Kier molecular flexibility index (Phi) is 4.08. The molecule has 0 bridgehead atoms. The monoisotopic (exact) mass is 285 g/mol. The summed E-state index contributed by atoms with van der Waals surface area (Å²) in [4.78, 5) is 7.19. The molecular formula is C17H23N3O. The van der Waals surface area contributed by atoms with Gasteiger partial charge in [0, 0.05) is 36.5 Å². The third-order valence-electron chi connectivity index (χ3n) is 4.35. The van der Waals surface area contributed by atoms with Crippen molar-refractivity contribution in [3.05, 3.63) is 35.9 Å². The number of nitrogens with zero attached hydrogens (tertiary/aromatic N) is 2. The van der Waals surface area contributed by atoms with E-state index in [4.69, 9.17) is 4.98 Å². The van der Waals surface area contributed by atoms with Gasteiger partial charge in [-0.15, -0.1) is 0 Å². The molecule has 3 rings (SSSR count). The van der Waals surface area contributed by atoms with Crippen LogP contribution in [0.5, 0.6) is 0 Å². The molecule has 21 heavy (non-hydrogen) atoms. The minimum atomic E-state index is -0.247. The summed E-state index contributed by atoms with van der Waals surface area (Å²) in [5, 5.41) is 14.2. The molecule has 2 atom stereocenters. The standard InChI is InChI=1S/C17H23N3O/c1-12(21)14-7-8-20(11-14)17-15(10-18-2)9-13-5-3-4-6-16(13)19-17/h3-6,9,12,14,18,21H,7-8,10-11H2,1-2H3. The van der Waals surface area contributed by atoms with E-state index < -0.39 is 0 Å². The number of hydrogen-bond donors (Lipinski definition) is 2. The zero-order valence-electron chi connectivity index (χ0n) is 12.7. The number of aliphatic hydroxyl groups excluding tert-OH is 1. The summed E-state index contributed by atoms with van der Waals surface area (Å²) >= 11 is 0. The van der Waals surface area contributed by atoms with Crippen LogP contribution in [0.4, 0.5) is 5.82 Å². The molecule has 1 saturated heterocycles. The van der Waals surface area contributed by atoms with Gasteiger partial charge < -0.3 is 15.3 Å². The quantitative estimate of drug-likeness (QED) is 0.904. The smallest absolute Gasteiger partial charge is 0.133 e. The Labute approximate surface area is 125 Å². The van der Waals surface area contributed by atoms with E-state index >= 15 is 0 Å². The number of pyridine rings is 1. The minimum absolute atomic E-state index is 0.247. The number of nitrogens with one attached hydrogen (secondary N) is 1. The average Bonchev–Trinajstić information content (AvgIpc) is 2.97. The molecule has 4 nitrogen and oxygen atoms in total. The summed E-state index contributed by atoms with van der Waals surface area (Å²) in [5.41, 5.74) is 2.26. The Morgan fingerprint density at radius 2 is 2.24 bits per heavy atom. The lowest BCUT2D eigenvalue weighted by Crippen LogP contribution is -2.26. The predicted molar refractivity (Wildman–Crippen MR) is 86.5 cm³/mol. The summed E-state index contributed by atoms with van der Waals surface area (Å²) in [5.74, 6) is 1.41. The molecule has 0 aliphatic carbocycles. The van der Waals surface area contributed by atoms with Gasteiger partial charge >= 0.3 is 0 Å². The van der Waals surface area contributed by atoms with Gasteiger partial charge in [-0.3, -0.25) is 0 Å². The number of fused-ring (bicyclic) bond motifs is 1. The molecule has 2 heterocycles. The van der Waals surface area contributed by atoms with Crippen LogP contribution in [-0.4, -0.2) is 36.3 Å². The van der Waals surface area contributed by atoms with Crippen LogP contribution in [0.2, 0.25) is 0 Å². The van der Waals surface area contributed by atoms with Crippen LogP contribution < -0.4 is 10.2 Å². The normalized spacial score (nSPS) is 20.1. The zero-order valence-corrected chi connectivity index (χ0v) is 12.7. The van der Waals surface area contributed by atoms with Gasteiger partial charge in [-0.2, -0.15) is 0 Å². The fourth-order valence-corrected chi connectivity index (χ4v) is 3.12. The van der Waals surface area contributed by atoms with E-state index in [0.29, 0.717) is 5.92 Å². The molecule has 4 heteroatoms. The SMILES string of the molecule is CNCc1cc2ccccc2nc1N1CCC(C(C)O)C1. The highest BCUT2D eigenvalue weighted by molar-refractivity contribution is 5.81. The van der Waals surface area contributed by atoms with Crippen molar-refractivity contribution in [3.63, 3.8) is 0 Å². The Balaban J connectivity index is 1.98. The van der Waals surface area contributed by atoms with Crippen LogP contribution in [0.25, 0.3) is 10.9 Å². The Bertz CT molecular complexity index is 626. The predicted octanol–water partition coefficient (Wildman–Crippen LogP) is 2.16. The number of anilines is 1. The number of para-hydroxylation sites is 1. The topological polar surface area (TPSA) is 48.4 Å². The zero-order chi connectivity index (χ0) is 14.8. The molecular weight excluding hydrogens is 262 g/mol. The second-order valence-corrected chi connectivity index (χ2v) is 5.93. The fourth-order valence-electron chi connectivity index (χ4n) is 3.12. The minimum Gasteiger partial charge on any atom is -0.393 e. The Hall–Kier alpha value is -1.65. The highest BCUT2D eigenvalue weighted by Gasteiger charge is 2.28. The lowest BCUT2D eigenvalue weighted by molar-refractivity contribution is 0.136. The van der Waals surface area contributed by atoms with Crippen LogP contribution in [0.3, 0.4) is 0 Å². The molecule has 1 aliphatic heterocycles. The van der Waals surface area contributed by atoms with Crippen molar-refractivity contribution in [2.75, 3.05) is 25.0 Å². The molecule has 0 saturated carbocycles. The van der Waals surface area contributed by atoms with Crippen molar-refractivity contribution in [2.45, 2.75) is 26.0 Å². The second kappa shape index (κ2) is 6.00. The van der Waals surface area contributed by atoms with Crippen molar-refractivity contribution < 1.29 is 5.11 Å². The van der Waals surface area contributed by atoms with Gasteiger partial charge in [-0.1, -0.05) is 18.2 Å². The molecule has 112 valence electrons. The number of hydrogen-bond acceptors (Lipinski definition) is 4. The number of aromatic nitrogens is 1. The van der Waals surface area contributed by atoms with Crippen molar-refractivity contribution >= 4 is 16.7 Å². The van der Waals surface area contributed by atoms with Crippen molar-refractivity contribution in [1.29, 1.82) is 0 Å². The molecule has 1 aromatic carbocycles. The van der Waals surface area contributed by atoms with E-state index in [1.54, 1.807) is 0 Å². The third kappa shape index (κ3) is 2.87. The maximum atomic E-state index is 9.80. The van der Waals surface area contributed by atoms with E-state index in [0.717, 1.165) is 37.4 Å². The first-order chi connectivity index (χ1) is 10.2. The summed E-state index contributed by atoms with van der Waals surface area (Å²) in [6, 6.07) is 10.5. The fraction of sp³-hybridized carbons (Fsp3) is 0.471. The Morgan fingerprint density at radius 1 is 1.43 bits per heavy atom. The van der Waals surface area contributed by atoms with Crippen LogP contribution in [0.1, 0.15) is 18.9 Å². The van der Waals surface area contributed by atoms with E-state index in [-0.39, 0.29) is 6.10 Å². The lowest BCUT2D eigenvalue weighted by Gasteiger charge is -2.22. The molecule has 1 aromatic heterocycles. The molecule has 0 radical (unpaired) electrons. The van der Waals surface area contributed by atoms with Gasteiger partial charge in [0.1, 0.15) is 5.82 Å². The molecule has 2 aromatic rings. The van der Waals surface area contributed by atoms with E-state index in [1.165, 1.54) is 10.9 Å². The van der Waals surface area contributed by atoms with Gasteiger partial charge in [-0.25, -0.2) is 4.98 Å². The van der Waals surface area contributed by atoms with Gasteiger partial charge in [-0.05, 0) is 32.5 Å². The maximum Gasteiger partial charge on any atom is 0.133 e. The summed E-state index contributed by atoms with van der Waals surface area (Å²) in [6.07, 6.45) is 0.786. The summed E-state index contributed by atoms with van der Waals surface area (Å²) in [6.45, 7) is 4.55. The average molecular weight is 285 g/mol. The van der Waals surface area contributed by atoms with Gasteiger partial charge in [0.25, 0.3) is 0 Å². The molecule has 0 amide bonds. The van der Waals surface area contributed by atoms with Crippen molar-refractivity contribution in [2.24, 2.45) is 5.92 Å². The Morgan fingerprint density at radius 3 is 2.95 bits per heavy atom. The molecule has 1 fully saturated rings. The highest BCUT2D eigenvalue weighted by atomic mass is 16.3. The largest absolute Gasteiger partial charge is 0.393 e. The maximum absolute atomic E-state index is 9.80. The number of rotatable bonds is 4. The molecule has 1 aliphatic rings. The third-order valence-corrected chi connectivity index (χ3v) is 4.35. The first-order valence-corrected chi connectivity index (χ1v) is 7.65. The van der Waals surface area contributed by atoms with Crippen LogP contribution >= 0.6 is 0 Å². The number of benzene rings is 1. The molecule has 0 spiro atoms. The van der Waals surface area contributed by atoms with E-state index in [2.05, 4.69) is 28.4 Å². The first kappa shape index (κ1) is 14.3. The van der Waals surface area contributed by atoms with Gasteiger partial charge in [0.05, 0.1) is 11.6 Å². The van der Waals surface area contributed by atoms with E-state index in [9.17, 15) is 5.11 Å². The van der Waals surface area contributed by atoms with E-state index in [1.807, 2.05) is 26.1 Å². The number of aliphatic hydroxyl groups is 1. The summed E-state index contributed by atoms with van der Waals surface area (Å²) < 4.78 is 0. The summed E-state index contributed by atoms with van der Waals surface area (Å²) in [7, 11) is 1.96. The van der Waals surface area contributed by atoms with Crippen molar-refractivity contribution in [3.8, 4) is 0 Å². The highest BCUT2D eigenvalue weighted by Crippen LogP contribution is 2.29. The van der Waals surface area contributed by atoms with Gasteiger partial charge in [0.2, 0.25) is 0 Å². The second-order valence-electron chi connectivity index (χ2n) is 5.93. The van der Waals surface area contributed by atoms with Crippen LogP contribution in [-0.2, 0) is 6.54 Å². The van der Waals surface area contributed by atoms with Crippen LogP contribution in [0, 0.1) is 5.92 Å². The van der Waals surface area contributed by atoms with Crippen LogP contribution in [0.15, 0.2) is 30.3 Å². The molecule has 2 N–H and O–H groups in total.